The van der Waals surface area contributed by atoms with E-state index in [9.17, 15) is 10.1 Å². The Balaban J connectivity index is 1.35. The van der Waals surface area contributed by atoms with E-state index in [0.717, 1.165) is 43.2 Å². The predicted octanol–water partition coefficient (Wildman–Crippen LogP) is 3.03. The number of hydrogen-bond donors (Lipinski definition) is 0. The van der Waals surface area contributed by atoms with Crippen molar-refractivity contribution in [1.29, 1.82) is 0 Å². The normalized spacial score (nSPS) is 14.6. The van der Waals surface area contributed by atoms with Crippen LogP contribution in [0.5, 0.6) is 5.75 Å². The lowest BCUT2D eigenvalue weighted by atomic mass is 10.2. The van der Waals surface area contributed by atoms with E-state index in [2.05, 4.69) is 25.9 Å². The summed E-state index contributed by atoms with van der Waals surface area (Å²) in [6, 6.07) is 14.4. The Morgan fingerprint density at radius 2 is 1.80 bits per heavy atom. The summed E-state index contributed by atoms with van der Waals surface area (Å²) in [5.74, 6) is 1.49. The summed E-state index contributed by atoms with van der Waals surface area (Å²) >= 11 is 0. The second-order valence-corrected chi connectivity index (χ2v) is 7.06. The number of piperazine rings is 1. The molecule has 30 heavy (non-hydrogen) atoms. The van der Waals surface area contributed by atoms with Gasteiger partial charge in [0.25, 0.3) is 5.69 Å². The Morgan fingerprint density at radius 3 is 2.50 bits per heavy atom. The highest BCUT2D eigenvalue weighted by Crippen LogP contribution is 2.29. The third kappa shape index (κ3) is 4.41. The smallest absolute Gasteiger partial charge is 0.269 e. The zero-order chi connectivity index (χ0) is 20.9. The fraction of sp³-hybridized carbons (Fsp3) is 0.333. The lowest BCUT2D eigenvalue weighted by Crippen LogP contribution is -2.47. The molecule has 4 rings (SSSR count). The molecular formula is C21H24N6O3. The molecule has 9 nitrogen and oxygen atoms in total. The quantitative estimate of drug-likeness (QED) is 0.438. The minimum absolute atomic E-state index is 0.0574. The second-order valence-electron chi connectivity index (χ2n) is 7.06. The van der Waals surface area contributed by atoms with Gasteiger partial charge >= 0.3 is 0 Å². The van der Waals surface area contributed by atoms with Crippen molar-refractivity contribution in [1.82, 2.24) is 19.7 Å². The fourth-order valence-electron chi connectivity index (χ4n) is 3.56. The third-order valence-electron chi connectivity index (χ3n) is 5.10. The Labute approximate surface area is 174 Å². The van der Waals surface area contributed by atoms with Gasteiger partial charge in [0.2, 0.25) is 0 Å². The van der Waals surface area contributed by atoms with Crippen LogP contribution < -0.4 is 9.64 Å². The molecule has 2 aromatic carbocycles. The molecule has 0 bridgehead atoms. The van der Waals surface area contributed by atoms with Crippen LogP contribution in [-0.2, 0) is 6.67 Å². The van der Waals surface area contributed by atoms with Crippen LogP contribution >= 0.6 is 0 Å². The monoisotopic (exact) mass is 408 g/mol. The van der Waals surface area contributed by atoms with Crippen LogP contribution in [0, 0.1) is 10.1 Å². The van der Waals surface area contributed by atoms with Crippen LogP contribution in [0.2, 0.25) is 0 Å². The third-order valence-corrected chi connectivity index (χ3v) is 5.10. The van der Waals surface area contributed by atoms with Crippen LogP contribution in [0.15, 0.2) is 54.9 Å². The van der Waals surface area contributed by atoms with Crippen LogP contribution in [0.1, 0.15) is 6.92 Å². The van der Waals surface area contributed by atoms with E-state index in [1.807, 2.05) is 25.1 Å². The molecule has 1 aromatic heterocycles. The summed E-state index contributed by atoms with van der Waals surface area (Å²) in [5, 5.41) is 15.3. The van der Waals surface area contributed by atoms with Crippen LogP contribution in [0.3, 0.4) is 0 Å². The van der Waals surface area contributed by atoms with E-state index < -0.39 is 4.92 Å². The van der Waals surface area contributed by atoms with E-state index in [1.54, 1.807) is 23.1 Å². The number of hydrogen-bond acceptors (Lipinski definition) is 7. The number of benzene rings is 2. The Hall–Kier alpha value is -3.46. The number of rotatable bonds is 7. The van der Waals surface area contributed by atoms with Crippen molar-refractivity contribution < 1.29 is 9.66 Å². The Kier molecular flexibility index (Phi) is 5.89. The molecule has 156 valence electrons. The van der Waals surface area contributed by atoms with E-state index in [0.29, 0.717) is 19.1 Å². The van der Waals surface area contributed by atoms with Crippen LogP contribution in [-0.4, -0.2) is 57.4 Å². The summed E-state index contributed by atoms with van der Waals surface area (Å²) in [4.78, 5) is 19.4. The topological polar surface area (TPSA) is 89.6 Å². The number of nitrogens with zero attached hydrogens (tertiary/aromatic N) is 6. The summed E-state index contributed by atoms with van der Waals surface area (Å²) in [7, 11) is 0. The van der Waals surface area contributed by atoms with Crippen molar-refractivity contribution in [2.24, 2.45) is 0 Å². The van der Waals surface area contributed by atoms with Crippen molar-refractivity contribution in [3.8, 4) is 17.1 Å². The largest absolute Gasteiger partial charge is 0.492 e. The predicted molar refractivity (Wildman–Crippen MR) is 114 cm³/mol. The van der Waals surface area contributed by atoms with Crippen molar-refractivity contribution in [3.05, 3.63) is 65.0 Å². The average Bonchev–Trinajstić information content (AvgIpc) is 3.23. The molecule has 1 aliphatic heterocycles. The first-order valence-corrected chi connectivity index (χ1v) is 9.97. The van der Waals surface area contributed by atoms with Gasteiger partial charge in [-0.05, 0) is 31.2 Å². The van der Waals surface area contributed by atoms with Crippen LogP contribution in [0.4, 0.5) is 11.4 Å². The lowest BCUT2D eigenvalue weighted by Gasteiger charge is -2.36. The lowest BCUT2D eigenvalue weighted by molar-refractivity contribution is -0.384. The molecule has 0 atom stereocenters. The molecule has 1 aliphatic rings. The maximum Gasteiger partial charge on any atom is 0.269 e. The number of ether oxygens (including phenoxy) is 1. The molecule has 3 aromatic rings. The van der Waals surface area contributed by atoms with Crippen molar-refractivity contribution in [2.75, 3.05) is 37.7 Å². The van der Waals surface area contributed by atoms with Crippen molar-refractivity contribution in [3.63, 3.8) is 0 Å². The molecule has 0 aliphatic carbocycles. The number of para-hydroxylation sites is 2. The van der Waals surface area contributed by atoms with E-state index >= 15 is 0 Å². The minimum Gasteiger partial charge on any atom is -0.492 e. The van der Waals surface area contributed by atoms with Gasteiger partial charge in [0.1, 0.15) is 12.1 Å². The molecule has 2 heterocycles. The first-order chi connectivity index (χ1) is 14.6. The molecule has 1 fully saturated rings. The van der Waals surface area contributed by atoms with E-state index in [-0.39, 0.29) is 5.69 Å². The highest BCUT2D eigenvalue weighted by Gasteiger charge is 2.20. The van der Waals surface area contributed by atoms with Crippen molar-refractivity contribution in [2.45, 2.75) is 13.6 Å². The highest BCUT2D eigenvalue weighted by atomic mass is 16.6. The van der Waals surface area contributed by atoms with Gasteiger partial charge in [-0.3, -0.25) is 15.0 Å². The second kappa shape index (κ2) is 8.91. The highest BCUT2D eigenvalue weighted by molar-refractivity contribution is 5.59. The van der Waals surface area contributed by atoms with Gasteiger partial charge in [0, 0.05) is 43.9 Å². The number of aromatic nitrogens is 3. The van der Waals surface area contributed by atoms with Gasteiger partial charge in [-0.25, -0.2) is 9.67 Å². The van der Waals surface area contributed by atoms with E-state index in [4.69, 9.17) is 4.74 Å². The number of nitro groups is 1. The molecule has 0 spiro atoms. The number of nitro benzene ring substituents is 1. The molecular weight excluding hydrogens is 384 g/mol. The molecule has 0 radical (unpaired) electrons. The Morgan fingerprint density at radius 1 is 1.07 bits per heavy atom. The van der Waals surface area contributed by atoms with Gasteiger partial charge in [0.15, 0.2) is 5.82 Å². The van der Waals surface area contributed by atoms with Gasteiger partial charge in [0.05, 0.1) is 23.9 Å². The van der Waals surface area contributed by atoms with E-state index in [1.165, 1.54) is 12.1 Å². The summed E-state index contributed by atoms with van der Waals surface area (Å²) in [5.41, 5.74) is 1.96. The number of non-ortho nitro benzene ring substituents is 1. The van der Waals surface area contributed by atoms with Gasteiger partial charge in [-0.2, -0.15) is 0 Å². The maximum absolute atomic E-state index is 10.8. The van der Waals surface area contributed by atoms with Gasteiger partial charge in [-0.15, -0.1) is 5.10 Å². The zero-order valence-electron chi connectivity index (χ0n) is 16.8. The number of anilines is 1. The van der Waals surface area contributed by atoms with Gasteiger partial charge < -0.3 is 9.64 Å². The fourth-order valence-corrected chi connectivity index (χ4v) is 3.56. The molecule has 9 heteroatoms. The van der Waals surface area contributed by atoms with Crippen molar-refractivity contribution >= 4 is 11.4 Å². The summed E-state index contributed by atoms with van der Waals surface area (Å²) < 4.78 is 7.57. The van der Waals surface area contributed by atoms with Crippen LogP contribution in [0.25, 0.3) is 11.4 Å². The van der Waals surface area contributed by atoms with Gasteiger partial charge in [-0.1, -0.05) is 12.1 Å². The summed E-state index contributed by atoms with van der Waals surface area (Å²) in [6.07, 6.45) is 1.70. The minimum atomic E-state index is -0.414. The standard InChI is InChI=1S/C21H24N6O3/c1-2-30-20-6-4-3-5-19(20)25-13-11-24(12-14-25)16-26-15-22-21(23-26)17-7-9-18(10-8-17)27(28)29/h3-10,15H,2,11-14,16H2,1H3. The molecule has 0 amide bonds. The first-order valence-electron chi connectivity index (χ1n) is 9.97. The molecule has 1 saturated heterocycles. The molecule has 0 saturated carbocycles. The zero-order valence-corrected chi connectivity index (χ0v) is 16.8. The average molecular weight is 408 g/mol. The molecule has 0 unspecified atom stereocenters. The first kappa shape index (κ1) is 19.8. The Bertz CT molecular complexity index is 996. The maximum atomic E-state index is 10.8. The molecule has 0 N–H and O–H groups in total. The SMILES string of the molecule is CCOc1ccccc1N1CCN(Cn2cnc(-c3ccc([N+](=O)[O-])cc3)n2)CC1. The summed E-state index contributed by atoms with van der Waals surface area (Å²) in [6.45, 7) is 6.95.